The first-order chi connectivity index (χ1) is 7.98. The Balaban J connectivity index is 1.93. The molecule has 1 aromatic heterocycles. The Kier molecular flexibility index (Phi) is 3.17. The number of nitrogens with two attached hydrogens (primary N) is 1. The number of pyridine rings is 1. The zero-order valence-corrected chi connectivity index (χ0v) is 9.77. The van der Waals surface area contributed by atoms with Crippen molar-refractivity contribution in [2.45, 2.75) is 25.7 Å². The number of hydrogen-bond acceptors (Lipinski definition) is 5. The lowest BCUT2D eigenvalue weighted by molar-refractivity contribution is -0.141. The fraction of sp³-hybridized carbons (Fsp3) is 0.545. The van der Waals surface area contributed by atoms with Crippen LogP contribution in [-0.2, 0) is 9.47 Å². The summed E-state index contributed by atoms with van der Waals surface area (Å²) in [5, 5.41) is 0. The minimum absolute atomic E-state index is 0.0129. The molecule has 0 radical (unpaired) electrons. The van der Waals surface area contributed by atoms with Crippen LogP contribution in [0, 0.1) is 5.82 Å². The molecule has 0 aromatic carbocycles. The third kappa shape index (κ3) is 2.83. The zero-order chi connectivity index (χ0) is 12.5. The highest BCUT2D eigenvalue weighted by atomic mass is 19.1. The van der Waals surface area contributed by atoms with Gasteiger partial charge in [0.2, 0.25) is 5.82 Å². The maximum Gasteiger partial charge on any atom is 0.252 e. The first kappa shape index (κ1) is 12.1. The third-order valence-electron chi connectivity index (χ3n) is 2.36. The maximum atomic E-state index is 13.4. The van der Waals surface area contributed by atoms with Crippen LogP contribution in [0.4, 0.5) is 10.1 Å². The van der Waals surface area contributed by atoms with Crippen LogP contribution in [-0.4, -0.2) is 30.1 Å². The van der Waals surface area contributed by atoms with Crippen LogP contribution in [0.25, 0.3) is 0 Å². The summed E-state index contributed by atoms with van der Waals surface area (Å²) >= 11 is 0. The van der Waals surface area contributed by atoms with Gasteiger partial charge in [-0.1, -0.05) is 0 Å². The van der Waals surface area contributed by atoms with E-state index in [1.807, 2.05) is 13.8 Å². The second-order valence-electron chi connectivity index (χ2n) is 4.28. The average Bonchev–Trinajstić information content (AvgIpc) is 2.61. The van der Waals surface area contributed by atoms with Gasteiger partial charge in [-0.2, -0.15) is 4.39 Å². The first-order valence-electron chi connectivity index (χ1n) is 5.32. The molecule has 2 heterocycles. The highest BCUT2D eigenvalue weighted by molar-refractivity contribution is 5.41. The van der Waals surface area contributed by atoms with Gasteiger partial charge in [0.1, 0.15) is 12.7 Å². The lowest BCUT2D eigenvalue weighted by Crippen LogP contribution is -2.25. The van der Waals surface area contributed by atoms with Gasteiger partial charge in [-0.05, 0) is 19.9 Å². The fourth-order valence-electron chi connectivity index (χ4n) is 1.56. The van der Waals surface area contributed by atoms with Gasteiger partial charge in [-0.15, -0.1) is 0 Å². The highest BCUT2D eigenvalue weighted by Crippen LogP contribution is 2.24. The summed E-state index contributed by atoms with van der Waals surface area (Å²) in [4.78, 5) is 3.76. The molecule has 0 saturated carbocycles. The second-order valence-corrected chi connectivity index (χ2v) is 4.28. The van der Waals surface area contributed by atoms with Gasteiger partial charge in [-0.25, -0.2) is 4.98 Å². The molecule has 1 aliphatic heterocycles. The average molecular weight is 242 g/mol. The van der Waals surface area contributed by atoms with E-state index >= 15 is 0 Å². The molecule has 1 aliphatic rings. The largest absolute Gasteiger partial charge is 0.473 e. The van der Waals surface area contributed by atoms with Crippen molar-refractivity contribution >= 4 is 5.69 Å². The Morgan fingerprint density at radius 1 is 1.65 bits per heavy atom. The molecule has 1 atom stereocenters. The molecule has 0 bridgehead atoms. The van der Waals surface area contributed by atoms with E-state index in [-0.39, 0.29) is 24.3 Å². The van der Waals surface area contributed by atoms with Crippen LogP contribution >= 0.6 is 0 Å². The molecule has 1 fully saturated rings. The molecular formula is C11H15FN2O3. The summed E-state index contributed by atoms with van der Waals surface area (Å²) in [6, 6.07) is 1.38. The highest BCUT2D eigenvalue weighted by Gasteiger charge is 2.33. The van der Waals surface area contributed by atoms with Crippen molar-refractivity contribution in [2.24, 2.45) is 0 Å². The monoisotopic (exact) mass is 242 g/mol. The molecule has 1 aromatic rings. The lowest BCUT2D eigenvalue weighted by atomic mass is 10.4. The number of aromatic nitrogens is 1. The molecule has 2 rings (SSSR count). The van der Waals surface area contributed by atoms with Gasteiger partial charge in [0.25, 0.3) is 5.88 Å². The molecule has 17 heavy (non-hydrogen) atoms. The number of hydrogen-bond donors (Lipinski definition) is 1. The van der Waals surface area contributed by atoms with E-state index in [0.717, 1.165) is 0 Å². The minimum Gasteiger partial charge on any atom is -0.473 e. The lowest BCUT2D eigenvalue weighted by Gasteiger charge is -2.17. The maximum absolute atomic E-state index is 13.4. The number of ether oxygens (including phenoxy) is 3. The molecule has 2 N–H and O–H groups in total. The standard InChI is InChI=1S/C11H15FN2O3/c1-11(2)16-6-7(17-11)5-15-10-9(12)8(13)3-4-14-10/h3-4,7H,5-6H2,1-2H3,(H2,13,14). The molecule has 94 valence electrons. The summed E-state index contributed by atoms with van der Waals surface area (Å²) in [5.41, 5.74) is 5.41. The van der Waals surface area contributed by atoms with E-state index in [9.17, 15) is 4.39 Å². The molecule has 0 aliphatic carbocycles. The smallest absolute Gasteiger partial charge is 0.252 e. The topological polar surface area (TPSA) is 66.6 Å². The van der Waals surface area contributed by atoms with Crippen molar-refractivity contribution in [1.82, 2.24) is 4.98 Å². The van der Waals surface area contributed by atoms with Crippen LogP contribution < -0.4 is 10.5 Å². The zero-order valence-electron chi connectivity index (χ0n) is 9.77. The van der Waals surface area contributed by atoms with Crippen LogP contribution in [0.15, 0.2) is 12.3 Å². The van der Waals surface area contributed by atoms with E-state index in [1.54, 1.807) is 0 Å². The Bertz CT molecular complexity index is 412. The normalized spacial score (nSPS) is 22.6. The summed E-state index contributed by atoms with van der Waals surface area (Å²) < 4.78 is 29.5. The number of rotatable bonds is 3. The van der Waals surface area contributed by atoms with Crippen LogP contribution in [0.3, 0.4) is 0 Å². The number of nitrogen functional groups attached to an aromatic ring is 1. The van der Waals surface area contributed by atoms with E-state index in [2.05, 4.69) is 4.98 Å². The van der Waals surface area contributed by atoms with E-state index in [0.29, 0.717) is 6.61 Å². The van der Waals surface area contributed by atoms with Crippen LogP contribution in [0.1, 0.15) is 13.8 Å². The van der Waals surface area contributed by atoms with Crippen molar-refractivity contribution in [3.8, 4) is 5.88 Å². The molecule has 0 spiro atoms. The predicted octanol–water partition coefficient (Wildman–Crippen LogP) is 1.33. The van der Waals surface area contributed by atoms with Gasteiger partial charge in [-0.3, -0.25) is 0 Å². The molecule has 1 unspecified atom stereocenters. The van der Waals surface area contributed by atoms with Gasteiger partial charge in [0, 0.05) is 6.20 Å². The van der Waals surface area contributed by atoms with E-state index < -0.39 is 11.6 Å². The second kappa shape index (κ2) is 4.46. The first-order valence-corrected chi connectivity index (χ1v) is 5.32. The molecule has 0 amide bonds. The van der Waals surface area contributed by atoms with Crippen molar-refractivity contribution in [2.75, 3.05) is 18.9 Å². The Morgan fingerprint density at radius 3 is 3.06 bits per heavy atom. The summed E-state index contributed by atoms with van der Waals surface area (Å²) in [6.07, 6.45) is 1.16. The quantitative estimate of drug-likeness (QED) is 0.866. The van der Waals surface area contributed by atoms with Crippen molar-refractivity contribution in [3.63, 3.8) is 0 Å². The Morgan fingerprint density at radius 2 is 2.41 bits per heavy atom. The third-order valence-corrected chi connectivity index (χ3v) is 2.36. The van der Waals surface area contributed by atoms with Crippen molar-refractivity contribution in [3.05, 3.63) is 18.1 Å². The Hall–Kier alpha value is -1.40. The fourth-order valence-corrected chi connectivity index (χ4v) is 1.56. The molecule has 5 nitrogen and oxygen atoms in total. The van der Waals surface area contributed by atoms with Gasteiger partial charge in [0.15, 0.2) is 5.79 Å². The van der Waals surface area contributed by atoms with Crippen LogP contribution in [0.5, 0.6) is 5.88 Å². The predicted molar refractivity (Wildman–Crippen MR) is 59.0 cm³/mol. The van der Waals surface area contributed by atoms with E-state index in [1.165, 1.54) is 12.3 Å². The van der Waals surface area contributed by atoms with Crippen molar-refractivity contribution < 1.29 is 18.6 Å². The SMILES string of the molecule is CC1(C)OCC(COc2nccc(N)c2F)O1. The van der Waals surface area contributed by atoms with Gasteiger partial charge in [0.05, 0.1) is 12.3 Å². The molecule has 1 saturated heterocycles. The van der Waals surface area contributed by atoms with Crippen LogP contribution in [0.2, 0.25) is 0 Å². The summed E-state index contributed by atoms with van der Waals surface area (Å²) in [7, 11) is 0. The summed E-state index contributed by atoms with van der Waals surface area (Å²) in [6.45, 7) is 4.21. The Labute approximate surface area is 98.7 Å². The molecule has 6 heteroatoms. The number of halogens is 1. The van der Waals surface area contributed by atoms with E-state index in [4.69, 9.17) is 19.9 Å². The van der Waals surface area contributed by atoms with Crippen molar-refractivity contribution in [1.29, 1.82) is 0 Å². The number of anilines is 1. The summed E-state index contributed by atoms with van der Waals surface area (Å²) in [5.74, 6) is -1.38. The minimum atomic E-state index is -0.648. The number of nitrogens with zero attached hydrogens (tertiary/aromatic N) is 1. The van der Waals surface area contributed by atoms with Gasteiger partial charge >= 0.3 is 0 Å². The molecular weight excluding hydrogens is 227 g/mol. The van der Waals surface area contributed by atoms with Gasteiger partial charge < -0.3 is 19.9 Å².